The van der Waals surface area contributed by atoms with Crippen LogP contribution in [0.15, 0.2) is 24.3 Å². The SMILES string of the molecule is CC(C)CN1CCc2nc(-c3cccc(O)c3)sc2C1. The molecule has 0 atom stereocenters. The van der Waals surface area contributed by atoms with Crippen molar-refractivity contribution in [3.05, 3.63) is 34.8 Å². The Morgan fingerprint density at radius 2 is 2.25 bits per heavy atom. The van der Waals surface area contributed by atoms with Crippen LogP contribution in [-0.2, 0) is 13.0 Å². The molecular weight excluding hydrogens is 268 g/mol. The van der Waals surface area contributed by atoms with Crippen LogP contribution >= 0.6 is 11.3 Å². The van der Waals surface area contributed by atoms with Gasteiger partial charge in [-0.2, -0.15) is 0 Å². The minimum absolute atomic E-state index is 0.303. The highest BCUT2D eigenvalue weighted by Gasteiger charge is 2.21. The quantitative estimate of drug-likeness (QED) is 0.938. The Hall–Kier alpha value is -1.39. The van der Waals surface area contributed by atoms with Crippen molar-refractivity contribution in [2.24, 2.45) is 5.92 Å². The lowest BCUT2D eigenvalue weighted by molar-refractivity contribution is 0.228. The average molecular weight is 288 g/mol. The van der Waals surface area contributed by atoms with Gasteiger partial charge in [0.15, 0.2) is 0 Å². The molecule has 0 unspecified atom stereocenters. The maximum atomic E-state index is 9.59. The van der Waals surface area contributed by atoms with E-state index in [4.69, 9.17) is 4.98 Å². The Balaban J connectivity index is 1.83. The lowest BCUT2D eigenvalue weighted by Crippen LogP contribution is -2.32. The van der Waals surface area contributed by atoms with E-state index in [1.54, 1.807) is 23.5 Å². The van der Waals surface area contributed by atoms with E-state index >= 15 is 0 Å². The first-order valence-electron chi connectivity index (χ1n) is 7.12. The van der Waals surface area contributed by atoms with Crippen molar-refractivity contribution in [1.29, 1.82) is 0 Å². The van der Waals surface area contributed by atoms with E-state index < -0.39 is 0 Å². The van der Waals surface area contributed by atoms with Gasteiger partial charge in [0.2, 0.25) is 0 Å². The van der Waals surface area contributed by atoms with Gasteiger partial charge in [-0.25, -0.2) is 4.98 Å². The van der Waals surface area contributed by atoms with Crippen LogP contribution in [0.25, 0.3) is 10.6 Å². The molecule has 0 fully saturated rings. The van der Waals surface area contributed by atoms with Crippen LogP contribution in [0.4, 0.5) is 0 Å². The van der Waals surface area contributed by atoms with Crippen molar-refractivity contribution >= 4 is 11.3 Å². The van der Waals surface area contributed by atoms with Crippen LogP contribution in [0, 0.1) is 5.92 Å². The third-order valence-corrected chi connectivity index (χ3v) is 4.66. The van der Waals surface area contributed by atoms with E-state index in [1.165, 1.54) is 10.6 Å². The number of nitrogens with zero attached hydrogens (tertiary/aromatic N) is 2. The second kappa shape index (κ2) is 5.54. The van der Waals surface area contributed by atoms with E-state index in [1.807, 2.05) is 12.1 Å². The standard InChI is InChI=1S/C16H20N2OS/c1-11(2)9-18-7-6-14-15(10-18)20-16(17-14)12-4-3-5-13(19)8-12/h3-5,8,11,19H,6-7,9-10H2,1-2H3. The molecule has 0 aliphatic carbocycles. The lowest BCUT2D eigenvalue weighted by atomic mass is 10.1. The zero-order valence-electron chi connectivity index (χ0n) is 12.0. The molecule has 0 radical (unpaired) electrons. The number of phenols is 1. The molecule has 3 rings (SSSR count). The number of benzene rings is 1. The van der Waals surface area contributed by atoms with Gasteiger partial charge in [-0.05, 0) is 18.1 Å². The summed E-state index contributed by atoms with van der Waals surface area (Å²) in [5.74, 6) is 1.01. The first-order chi connectivity index (χ1) is 9.61. The summed E-state index contributed by atoms with van der Waals surface area (Å²) < 4.78 is 0. The van der Waals surface area contributed by atoms with E-state index in [9.17, 15) is 5.11 Å². The second-order valence-electron chi connectivity index (χ2n) is 5.82. The number of rotatable bonds is 3. The molecule has 0 spiro atoms. The molecule has 0 saturated carbocycles. The third kappa shape index (κ3) is 2.86. The molecular formula is C16H20N2OS. The summed E-state index contributed by atoms with van der Waals surface area (Å²) >= 11 is 1.76. The van der Waals surface area contributed by atoms with E-state index in [-0.39, 0.29) is 0 Å². The maximum Gasteiger partial charge on any atom is 0.124 e. The van der Waals surface area contributed by atoms with Crippen molar-refractivity contribution in [2.75, 3.05) is 13.1 Å². The highest BCUT2D eigenvalue weighted by molar-refractivity contribution is 7.15. The van der Waals surface area contributed by atoms with Crippen molar-refractivity contribution in [2.45, 2.75) is 26.8 Å². The average Bonchev–Trinajstić information content (AvgIpc) is 2.81. The van der Waals surface area contributed by atoms with Crippen molar-refractivity contribution in [1.82, 2.24) is 9.88 Å². The maximum absolute atomic E-state index is 9.59. The smallest absolute Gasteiger partial charge is 0.124 e. The lowest BCUT2D eigenvalue weighted by Gasteiger charge is -2.27. The second-order valence-corrected chi connectivity index (χ2v) is 6.90. The Bertz CT molecular complexity index is 606. The van der Waals surface area contributed by atoms with Crippen molar-refractivity contribution < 1.29 is 5.11 Å². The molecule has 2 heterocycles. The summed E-state index contributed by atoms with van der Waals surface area (Å²) in [7, 11) is 0. The van der Waals surface area contributed by atoms with Crippen LogP contribution in [0.3, 0.4) is 0 Å². The summed E-state index contributed by atoms with van der Waals surface area (Å²) in [5.41, 5.74) is 2.26. The van der Waals surface area contributed by atoms with Gasteiger partial charge >= 0.3 is 0 Å². The van der Waals surface area contributed by atoms with Gasteiger partial charge in [-0.15, -0.1) is 11.3 Å². The molecule has 20 heavy (non-hydrogen) atoms. The molecule has 0 amide bonds. The minimum Gasteiger partial charge on any atom is -0.508 e. The fraction of sp³-hybridized carbons (Fsp3) is 0.438. The van der Waals surface area contributed by atoms with Gasteiger partial charge in [0.1, 0.15) is 10.8 Å². The summed E-state index contributed by atoms with van der Waals surface area (Å²) in [4.78, 5) is 8.65. The predicted molar refractivity (Wildman–Crippen MR) is 83.0 cm³/mol. The minimum atomic E-state index is 0.303. The van der Waals surface area contributed by atoms with Crippen molar-refractivity contribution in [3.63, 3.8) is 0 Å². The molecule has 3 nitrogen and oxygen atoms in total. The molecule has 1 aromatic heterocycles. The number of aromatic hydroxyl groups is 1. The number of fused-ring (bicyclic) bond motifs is 1. The summed E-state index contributed by atoms with van der Waals surface area (Å²) in [6.45, 7) is 7.80. The van der Waals surface area contributed by atoms with Crippen LogP contribution in [-0.4, -0.2) is 28.1 Å². The molecule has 1 aliphatic heterocycles. The first-order valence-corrected chi connectivity index (χ1v) is 7.94. The topological polar surface area (TPSA) is 36.4 Å². The molecule has 0 saturated heterocycles. The van der Waals surface area contributed by atoms with Gasteiger partial charge in [-0.1, -0.05) is 26.0 Å². The normalized spacial score (nSPS) is 15.6. The van der Waals surface area contributed by atoms with Crippen LogP contribution < -0.4 is 0 Å². The van der Waals surface area contributed by atoms with E-state index in [2.05, 4.69) is 18.7 Å². The number of hydrogen-bond acceptors (Lipinski definition) is 4. The van der Waals surface area contributed by atoms with Gasteiger partial charge in [0.05, 0.1) is 5.69 Å². The van der Waals surface area contributed by atoms with Gasteiger partial charge in [0.25, 0.3) is 0 Å². The fourth-order valence-electron chi connectivity index (χ4n) is 2.68. The van der Waals surface area contributed by atoms with E-state index in [0.717, 1.165) is 36.6 Å². The predicted octanol–water partition coefficient (Wildman–Crippen LogP) is 3.53. The molecule has 1 aromatic carbocycles. The monoisotopic (exact) mass is 288 g/mol. The third-order valence-electron chi connectivity index (χ3n) is 3.53. The Labute approximate surface area is 123 Å². The zero-order chi connectivity index (χ0) is 14.1. The number of thiazole rings is 1. The van der Waals surface area contributed by atoms with Gasteiger partial charge in [-0.3, -0.25) is 4.90 Å². The highest BCUT2D eigenvalue weighted by atomic mass is 32.1. The van der Waals surface area contributed by atoms with E-state index in [0.29, 0.717) is 11.7 Å². The largest absolute Gasteiger partial charge is 0.508 e. The Morgan fingerprint density at radius 1 is 1.40 bits per heavy atom. The molecule has 2 aromatic rings. The van der Waals surface area contributed by atoms with Gasteiger partial charge in [0, 0.05) is 36.5 Å². The molecule has 1 aliphatic rings. The number of hydrogen-bond donors (Lipinski definition) is 1. The molecule has 1 N–H and O–H groups in total. The number of phenolic OH excluding ortho intramolecular Hbond substituents is 1. The summed E-state index contributed by atoms with van der Waals surface area (Å²) in [6.07, 6.45) is 1.04. The summed E-state index contributed by atoms with van der Waals surface area (Å²) in [6, 6.07) is 7.36. The number of aromatic nitrogens is 1. The fourth-order valence-corrected chi connectivity index (χ4v) is 3.83. The van der Waals surface area contributed by atoms with Crippen LogP contribution in [0.2, 0.25) is 0 Å². The highest BCUT2D eigenvalue weighted by Crippen LogP contribution is 2.32. The molecule has 4 heteroatoms. The first kappa shape index (κ1) is 13.6. The van der Waals surface area contributed by atoms with Crippen LogP contribution in [0.1, 0.15) is 24.4 Å². The Morgan fingerprint density at radius 3 is 3.00 bits per heavy atom. The molecule has 106 valence electrons. The zero-order valence-corrected chi connectivity index (χ0v) is 12.8. The van der Waals surface area contributed by atoms with Crippen LogP contribution in [0.5, 0.6) is 5.75 Å². The van der Waals surface area contributed by atoms with Gasteiger partial charge < -0.3 is 5.11 Å². The Kier molecular flexibility index (Phi) is 3.76. The summed E-state index contributed by atoms with van der Waals surface area (Å²) in [5, 5.41) is 10.6. The van der Waals surface area contributed by atoms with Crippen molar-refractivity contribution in [3.8, 4) is 16.3 Å². The molecule has 0 bridgehead atoms.